The molecule has 0 atom stereocenters. The molecule has 0 aliphatic carbocycles. The normalized spacial score (nSPS) is 10.7. The number of aryl methyl sites for hydroxylation is 3. The van der Waals surface area contributed by atoms with Crippen molar-refractivity contribution in [2.45, 2.75) is 27.2 Å². The first kappa shape index (κ1) is 17.0. The number of hydrogen-bond acceptors (Lipinski definition) is 6. The zero-order valence-electron chi connectivity index (χ0n) is 14.1. The lowest BCUT2D eigenvalue weighted by atomic mass is 10.1. The third-order valence-corrected chi connectivity index (χ3v) is 4.94. The number of rotatable bonds is 3. The monoisotopic (exact) mass is 355 g/mol. The molecule has 0 unspecified atom stereocenters. The van der Waals surface area contributed by atoms with Crippen LogP contribution in [-0.2, 0) is 6.42 Å². The highest BCUT2D eigenvalue weighted by atomic mass is 32.1. The van der Waals surface area contributed by atoms with Gasteiger partial charge in [0, 0.05) is 29.9 Å². The van der Waals surface area contributed by atoms with Gasteiger partial charge in [0.1, 0.15) is 10.7 Å². The molecule has 7 nitrogen and oxygen atoms in total. The first-order chi connectivity index (χ1) is 12.0. The maximum Gasteiger partial charge on any atom is 0.280 e. The van der Waals surface area contributed by atoms with Crippen LogP contribution >= 0.6 is 11.3 Å². The van der Waals surface area contributed by atoms with Crippen LogP contribution in [0, 0.1) is 13.8 Å². The van der Waals surface area contributed by atoms with Gasteiger partial charge in [-0.1, -0.05) is 6.92 Å². The molecule has 0 saturated heterocycles. The van der Waals surface area contributed by atoms with E-state index < -0.39 is 5.91 Å². The number of nitrogens with one attached hydrogen (secondary N) is 2. The molecule has 25 heavy (non-hydrogen) atoms. The van der Waals surface area contributed by atoms with Crippen LogP contribution in [0.2, 0.25) is 0 Å². The van der Waals surface area contributed by atoms with Gasteiger partial charge in [0.15, 0.2) is 0 Å². The van der Waals surface area contributed by atoms with Gasteiger partial charge in [0.2, 0.25) is 0 Å². The Morgan fingerprint density at radius 1 is 1.16 bits per heavy atom. The van der Waals surface area contributed by atoms with Gasteiger partial charge in [0.05, 0.1) is 10.4 Å². The predicted octanol–water partition coefficient (Wildman–Crippen LogP) is 2.34. The summed E-state index contributed by atoms with van der Waals surface area (Å²) in [5, 5.41) is 0.894. The van der Waals surface area contributed by atoms with Gasteiger partial charge in [-0.05, 0) is 31.5 Å². The lowest BCUT2D eigenvalue weighted by Crippen LogP contribution is -2.41. The Balaban J connectivity index is 1.82. The van der Waals surface area contributed by atoms with Crippen molar-refractivity contribution >= 4 is 33.4 Å². The predicted molar refractivity (Wildman–Crippen MR) is 95.4 cm³/mol. The average molecular weight is 355 g/mol. The van der Waals surface area contributed by atoms with Crippen LogP contribution in [0.25, 0.3) is 10.2 Å². The number of amides is 2. The van der Waals surface area contributed by atoms with Crippen molar-refractivity contribution in [3.8, 4) is 0 Å². The molecule has 0 aliphatic rings. The minimum Gasteiger partial charge on any atom is -0.267 e. The van der Waals surface area contributed by atoms with Crippen LogP contribution in [0.3, 0.4) is 0 Å². The van der Waals surface area contributed by atoms with Crippen molar-refractivity contribution in [1.82, 2.24) is 25.8 Å². The van der Waals surface area contributed by atoms with Gasteiger partial charge in [0.25, 0.3) is 11.8 Å². The maximum atomic E-state index is 12.5. The van der Waals surface area contributed by atoms with E-state index in [4.69, 9.17) is 0 Å². The summed E-state index contributed by atoms with van der Waals surface area (Å²) in [5.41, 5.74) is 6.88. The summed E-state index contributed by atoms with van der Waals surface area (Å²) in [6.07, 6.45) is 3.73. The molecular weight excluding hydrogens is 338 g/mol. The highest BCUT2D eigenvalue weighted by molar-refractivity contribution is 7.20. The van der Waals surface area contributed by atoms with Crippen LogP contribution < -0.4 is 10.9 Å². The van der Waals surface area contributed by atoms with Gasteiger partial charge in [-0.15, -0.1) is 11.3 Å². The lowest BCUT2D eigenvalue weighted by Gasteiger charge is -2.06. The number of hydrogen-bond donors (Lipinski definition) is 2. The second-order valence-corrected chi connectivity index (χ2v) is 6.46. The number of aromatic nitrogens is 3. The van der Waals surface area contributed by atoms with E-state index >= 15 is 0 Å². The Hall–Kier alpha value is -2.87. The number of carbonyl (C=O) groups is 2. The Labute approximate surface area is 148 Å². The first-order valence-electron chi connectivity index (χ1n) is 7.78. The van der Waals surface area contributed by atoms with Crippen molar-refractivity contribution in [2.24, 2.45) is 0 Å². The van der Waals surface area contributed by atoms with E-state index in [9.17, 15) is 9.59 Å². The number of hydrazine groups is 1. The molecule has 0 aliphatic heterocycles. The largest absolute Gasteiger partial charge is 0.280 e. The highest BCUT2D eigenvalue weighted by Crippen LogP contribution is 2.31. The summed E-state index contributed by atoms with van der Waals surface area (Å²) in [5.74, 6) is -0.0530. The number of thiophene rings is 1. The molecule has 0 saturated carbocycles. The summed E-state index contributed by atoms with van der Waals surface area (Å²) < 4.78 is 0. The molecule has 2 amide bonds. The minimum atomic E-state index is -0.426. The van der Waals surface area contributed by atoms with E-state index in [2.05, 4.69) is 25.8 Å². The van der Waals surface area contributed by atoms with E-state index in [1.54, 1.807) is 18.3 Å². The number of pyridine rings is 1. The highest BCUT2D eigenvalue weighted by Gasteiger charge is 2.19. The molecule has 3 heterocycles. The topological polar surface area (TPSA) is 96.9 Å². The number of nitrogens with zero attached hydrogens (tertiary/aromatic N) is 3. The minimum absolute atomic E-state index is 0.366. The molecule has 0 radical (unpaired) electrons. The Morgan fingerprint density at radius 2 is 1.92 bits per heavy atom. The summed E-state index contributed by atoms with van der Waals surface area (Å²) in [7, 11) is 0. The van der Waals surface area contributed by atoms with E-state index in [-0.39, 0.29) is 5.91 Å². The molecule has 0 bridgehead atoms. The van der Waals surface area contributed by atoms with Crippen LogP contribution in [-0.4, -0.2) is 26.8 Å². The fourth-order valence-electron chi connectivity index (χ4n) is 2.51. The van der Waals surface area contributed by atoms with E-state index in [0.717, 1.165) is 33.7 Å². The molecule has 3 aromatic rings. The summed E-state index contributed by atoms with van der Waals surface area (Å²) in [6, 6.07) is 3.27. The van der Waals surface area contributed by atoms with Gasteiger partial charge in [-0.25, -0.2) is 9.97 Å². The molecule has 0 aromatic carbocycles. The summed E-state index contributed by atoms with van der Waals surface area (Å²) in [6.45, 7) is 5.76. The van der Waals surface area contributed by atoms with Crippen molar-refractivity contribution in [3.63, 3.8) is 0 Å². The second-order valence-electron chi connectivity index (χ2n) is 5.47. The van der Waals surface area contributed by atoms with Crippen LogP contribution in [0.15, 0.2) is 24.5 Å². The van der Waals surface area contributed by atoms with Gasteiger partial charge >= 0.3 is 0 Å². The average Bonchev–Trinajstić information content (AvgIpc) is 2.97. The number of carbonyl (C=O) groups excluding carboxylic acids is 2. The molecule has 3 aromatic heterocycles. The molecular formula is C17H17N5O2S. The van der Waals surface area contributed by atoms with Gasteiger partial charge in [-0.3, -0.25) is 25.4 Å². The molecule has 0 spiro atoms. The van der Waals surface area contributed by atoms with Crippen LogP contribution in [0.5, 0.6) is 0 Å². The molecule has 0 fully saturated rings. The zero-order chi connectivity index (χ0) is 18.0. The lowest BCUT2D eigenvalue weighted by molar-refractivity contribution is 0.0848. The fraction of sp³-hybridized carbons (Fsp3) is 0.235. The van der Waals surface area contributed by atoms with E-state index in [1.165, 1.54) is 17.5 Å². The van der Waals surface area contributed by atoms with Crippen molar-refractivity contribution < 1.29 is 9.59 Å². The Morgan fingerprint density at radius 3 is 2.60 bits per heavy atom. The van der Waals surface area contributed by atoms with E-state index in [1.807, 2.05) is 20.8 Å². The number of fused-ring (bicyclic) bond motifs is 1. The van der Waals surface area contributed by atoms with Gasteiger partial charge < -0.3 is 0 Å². The Bertz CT molecular complexity index is 953. The third-order valence-electron chi connectivity index (χ3n) is 3.75. The SMILES string of the molecule is CCc1nc(C)c2c(C)c(C(=O)NNC(=O)c3cccnc3)sc2n1. The zero-order valence-corrected chi connectivity index (χ0v) is 14.9. The molecule has 128 valence electrons. The van der Waals surface area contributed by atoms with Crippen molar-refractivity contribution in [3.05, 3.63) is 52.0 Å². The van der Waals surface area contributed by atoms with Crippen molar-refractivity contribution in [1.29, 1.82) is 0 Å². The second kappa shape index (κ2) is 6.94. The molecule has 8 heteroatoms. The third kappa shape index (κ3) is 3.34. The van der Waals surface area contributed by atoms with E-state index in [0.29, 0.717) is 10.4 Å². The fourth-order valence-corrected chi connectivity index (χ4v) is 3.66. The van der Waals surface area contributed by atoms with Crippen LogP contribution in [0.4, 0.5) is 0 Å². The van der Waals surface area contributed by atoms with Crippen molar-refractivity contribution in [2.75, 3.05) is 0 Å². The quantitative estimate of drug-likeness (QED) is 0.703. The Kier molecular flexibility index (Phi) is 4.71. The maximum absolute atomic E-state index is 12.5. The first-order valence-corrected chi connectivity index (χ1v) is 8.60. The summed E-state index contributed by atoms with van der Waals surface area (Å²) in [4.78, 5) is 38.6. The smallest absolute Gasteiger partial charge is 0.267 e. The molecule has 2 N–H and O–H groups in total. The molecule has 3 rings (SSSR count). The van der Waals surface area contributed by atoms with Crippen LogP contribution in [0.1, 0.15) is 44.0 Å². The van der Waals surface area contributed by atoms with Gasteiger partial charge in [-0.2, -0.15) is 0 Å². The summed E-state index contributed by atoms with van der Waals surface area (Å²) >= 11 is 1.30. The standard InChI is InChI=1S/C17H17N5O2S/c1-4-12-19-10(3)13-9(2)14(25-17(13)20-12)16(24)22-21-15(23)11-6-5-7-18-8-11/h5-8H,4H2,1-3H3,(H,21,23)(H,22,24).